The van der Waals surface area contributed by atoms with E-state index in [4.69, 9.17) is 0 Å². The van der Waals surface area contributed by atoms with E-state index in [0.717, 1.165) is 18.8 Å². The number of thioether (sulfide) groups is 2. The minimum atomic E-state index is -0.257. The summed E-state index contributed by atoms with van der Waals surface area (Å²) in [5.74, 6) is 3.12. The topological polar surface area (TPSA) is 20.2 Å². The van der Waals surface area contributed by atoms with Gasteiger partial charge >= 0.3 is 0 Å². The highest BCUT2D eigenvalue weighted by Gasteiger charge is 2.43. The van der Waals surface area contributed by atoms with E-state index >= 15 is 0 Å². The third-order valence-electron chi connectivity index (χ3n) is 3.82. The Morgan fingerprint density at radius 1 is 1.21 bits per heavy atom. The number of aliphatic hydroxyl groups excluding tert-OH is 1. The number of hydrogen-bond donors (Lipinski definition) is 1. The maximum Gasteiger partial charge on any atom is 0.112 e. The van der Waals surface area contributed by atoms with E-state index in [1.807, 2.05) is 23.5 Å². The van der Waals surface area contributed by atoms with E-state index in [2.05, 4.69) is 44.2 Å². The Morgan fingerprint density at radius 2 is 1.84 bits per heavy atom. The lowest BCUT2D eigenvalue weighted by atomic mass is 10.0. The van der Waals surface area contributed by atoms with Crippen molar-refractivity contribution in [2.45, 2.75) is 43.3 Å². The zero-order chi connectivity index (χ0) is 13.7. The van der Waals surface area contributed by atoms with Gasteiger partial charge in [-0.15, -0.1) is 23.5 Å². The fourth-order valence-electron chi connectivity index (χ4n) is 2.49. The average molecular weight is 297 g/mol. The highest BCUT2D eigenvalue weighted by molar-refractivity contribution is 8.18. The Balaban J connectivity index is 2.24. The molecule has 1 N–H and O–H groups in total. The number of rotatable bonds is 5. The van der Waals surface area contributed by atoms with Crippen molar-refractivity contribution in [3.63, 3.8) is 0 Å². The van der Waals surface area contributed by atoms with E-state index < -0.39 is 0 Å². The smallest absolute Gasteiger partial charge is 0.112 e. The molecular weight excluding hydrogens is 272 g/mol. The van der Waals surface area contributed by atoms with Gasteiger partial charge in [-0.2, -0.15) is 0 Å². The van der Waals surface area contributed by atoms with Gasteiger partial charge in [-0.1, -0.05) is 57.0 Å². The van der Waals surface area contributed by atoms with Crippen molar-refractivity contribution in [2.24, 2.45) is 5.92 Å². The van der Waals surface area contributed by atoms with E-state index in [1.165, 1.54) is 23.5 Å². The van der Waals surface area contributed by atoms with Crippen LogP contribution in [0.5, 0.6) is 0 Å². The van der Waals surface area contributed by atoms with Crippen molar-refractivity contribution in [3.8, 4) is 0 Å². The average Bonchev–Trinajstić information content (AvgIpc) is 2.48. The quantitative estimate of drug-likeness (QED) is 0.863. The standard InChI is InChI=1S/C16H24OS2/c1-3-8-15(17)16(14-9-6-5-7-10-14)18-11-13(4-2)12-19-16/h5-7,9-10,13,15,17H,3-4,8,11-12H2,1-2H3. The van der Waals surface area contributed by atoms with E-state index in [-0.39, 0.29) is 10.2 Å². The van der Waals surface area contributed by atoms with Crippen LogP contribution in [0, 0.1) is 5.92 Å². The summed E-state index contributed by atoms with van der Waals surface area (Å²) in [6.07, 6.45) is 2.90. The van der Waals surface area contributed by atoms with Crippen LogP contribution in [0.2, 0.25) is 0 Å². The molecule has 1 unspecified atom stereocenters. The van der Waals surface area contributed by atoms with Gasteiger partial charge in [-0.3, -0.25) is 0 Å². The molecule has 0 radical (unpaired) electrons. The van der Waals surface area contributed by atoms with Crippen molar-refractivity contribution in [1.82, 2.24) is 0 Å². The number of aliphatic hydroxyl groups is 1. The Labute approximate surface area is 125 Å². The first-order valence-corrected chi connectivity index (χ1v) is 9.21. The number of benzene rings is 1. The zero-order valence-corrected chi connectivity index (χ0v) is 13.5. The van der Waals surface area contributed by atoms with Crippen LogP contribution >= 0.6 is 23.5 Å². The predicted octanol–water partition coefficient (Wildman–Crippen LogP) is 4.51. The van der Waals surface area contributed by atoms with Gasteiger partial charge in [0, 0.05) is 0 Å². The normalized spacial score (nSPS) is 29.1. The molecule has 1 atom stereocenters. The van der Waals surface area contributed by atoms with Crippen LogP contribution < -0.4 is 0 Å². The predicted molar refractivity (Wildman–Crippen MR) is 87.7 cm³/mol. The minimum absolute atomic E-state index is 0.150. The van der Waals surface area contributed by atoms with Crippen molar-refractivity contribution < 1.29 is 5.11 Å². The summed E-state index contributed by atoms with van der Waals surface area (Å²) in [6, 6.07) is 10.6. The Morgan fingerprint density at radius 3 is 2.37 bits per heavy atom. The van der Waals surface area contributed by atoms with Crippen molar-refractivity contribution in [1.29, 1.82) is 0 Å². The molecule has 1 saturated heterocycles. The fourth-order valence-corrected chi connectivity index (χ4v) is 6.28. The van der Waals surface area contributed by atoms with Crippen molar-refractivity contribution in [2.75, 3.05) is 11.5 Å². The third kappa shape index (κ3) is 3.32. The van der Waals surface area contributed by atoms with Crippen LogP contribution in [0.25, 0.3) is 0 Å². The molecule has 1 nitrogen and oxygen atoms in total. The fraction of sp³-hybridized carbons (Fsp3) is 0.625. The van der Waals surface area contributed by atoms with Gasteiger partial charge in [-0.05, 0) is 29.4 Å². The largest absolute Gasteiger partial charge is 0.390 e. The second-order valence-corrected chi connectivity index (χ2v) is 8.02. The monoisotopic (exact) mass is 296 g/mol. The van der Waals surface area contributed by atoms with Gasteiger partial charge in [-0.25, -0.2) is 0 Å². The van der Waals surface area contributed by atoms with Gasteiger partial charge < -0.3 is 5.11 Å². The molecule has 0 saturated carbocycles. The Hall–Kier alpha value is -0.120. The zero-order valence-electron chi connectivity index (χ0n) is 11.8. The van der Waals surface area contributed by atoms with Gasteiger partial charge in [0.1, 0.15) is 4.08 Å². The van der Waals surface area contributed by atoms with Crippen molar-refractivity contribution in [3.05, 3.63) is 35.9 Å². The lowest BCUT2D eigenvalue weighted by molar-refractivity contribution is 0.149. The molecule has 1 aliphatic rings. The second-order valence-electron chi connectivity index (χ2n) is 5.23. The van der Waals surface area contributed by atoms with E-state index in [9.17, 15) is 5.11 Å². The minimum Gasteiger partial charge on any atom is -0.390 e. The summed E-state index contributed by atoms with van der Waals surface area (Å²) in [5, 5.41) is 10.7. The van der Waals surface area contributed by atoms with Gasteiger partial charge in [0.2, 0.25) is 0 Å². The summed E-state index contributed by atoms with van der Waals surface area (Å²) in [5.41, 5.74) is 1.28. The summed E-state index contributed by atoms with van der Waals surface area (Å²) in [4.78, 5) is 0. The van der Waals surface area contributed by atoms with Crippen LogP contribution in [-0.4, -0.2) is 22.7 Å². The summed E-state index contributed by atoms with van der Waals surface area (Å²) >= 11 is 3.91. The SMILES string of the molecule is CCCC(O)C1(c2ccccc2)SCC(CC)CS1. The van der Waals surface area contributed by atoms with Crippen molar-refractivity contribution >= 4 is 23.5 Å². The van der Waals surface area contributed by atoms with Crippen LogP contribution in [0.4, 0.5) is 0 Å². The lowest BCUT2D eigenvalue weighted by Crippen LogP contribution is -2.38. The molecule has 19 heavy (non-hydrogen) atoms. The molecule has 0 amide bonds. The van der Waals surface area contributed by atoms with E-state index in [0.29, 0.717) is 0 Å². The number of hydrogen-bond acceptors (Lipinski definition) is 3. The summed E-state index contributed by atoms with van der Waals surface area (Å²) in [7, 11) is 0. The molecule has 1 fully saturated rings. The first-order valence-electron chi connectivity index (χ1n) is 7.24. The van der Waals surface area contributed by atoms with E-state index in [1.54, 1.807) is 0 Å². The second kappa shape index (κ2) is 7.05. The first-order chi connectivity index (χ1) is 9.23. The van der Waals surface area contributed by atoms with Gasteiger partial charge in [0.25, 0.3) is 0 Å². The summed E-state index contributed by atoms with van der Waals surface area (Å²) in [6.45, 7) is 4.42. The molecular formula is C16H24OS2. The lowest BCUT2D eigenvalue weighted by Gasteiger charge is -2.42. The highest BCUT2D eigenvalue weighted by atomic mass is 32.2. The third-order valence-corrected chi connectivity index (χ3v) is 7.68. The maximum atomic E-state index is 10.7. The Kier molecular flexibility index (Phi) is 5.67. The first kappa shape index (κ1) is 15.3. The molecule has 1 aromatic carbocycles. The van der Waals surface area contributed by atoms with Crippen LogP contribution in [0.3, 0.4) is 0 Å². The Bertz CT molecular complexity index is 372. The molecule has 0 aliphatic carbocycles. The molecule has 0 bridgehead atoms. The molecule has 1 aliphatic heterocycles. The molecule has 2 rings (SSSR count). The maximum absolute atomic E-state index is 10.7. The van der Waals surface area contributed by atoms with Crippen LogP contribution in [0.1, 0.15) is 38.7 Å². The molecule has 3 heteroatoms. The molecule has 0 aromatic heterocycles. The van der Waals surface area contributed by atoms with Gasteiger partial charge in [0.15, 0.2) is 0 Å². The highest BCUT2D eigenvalue weighted by Crippen LogP contribution is 2.54. The van der Waals surface area contributed by atoms with Crippen LogP contribution in [0.15, 0.2) is 30.3 Å². The molecule has 1 heterocycles. The van der Waals surface area contributed by atoms with Gasteiger partial charge in [0.05, 0.1) is 6.10 Å². The molecule has 0 spiro atoms. The van der Waals surface area contributed by atoms with Crippen LogP contribution in [-0.2, 0) is 4.08 Å². The summed E-state index contributed by atoms with van der Waals surface area (Å²) < 4.78 is -0.150. The molecule has 1 aromatic rings. The molecule has 106 valence electrons.